The summed E-state index contributed by atoms with van der Waals surface area (Å²) in [6.07, 6.45) is 9.05. The van der Waals surface area contributed by atoms with Crippen LogP contribution in [0.15, 0.2) is 41.6 Å². The molecule has 2 aliphatic carbocycles. The Balaban J connectivity index is 0.000000516. The molecule has 0 aliphatic heterocycles. The van der Waals surface area contributed by atoms with Crippen molar-refractivity contribution in [2.24, 2.45) is 5.10 Å². The van der Waals surface area contributed by atoms with Gasteiger partial charge in [0.2, 0.25) is 6.41 Å². The van der Waals surface area contributed by atoms with Crippen LogP contribution in [0.4, 0.5) is 0 Å². The number of methoxy groups -OCH3 is 1. The maximum atomic E-state index is 12.8. The highest BCUT2D eigenvalue weighted by Crippen LogP contribution is 2.41. The van der Waals surface area contributed by atoms with E-state index in [9.17, 15) is 14.4 Å². The van der Waals surface area contributed by atoms with Crippen LogP contribution in [0.1, 0.15) is 64.9 Å². The highest BCUT2D eigenvalue weighted by molar-refractivity contribution is 6.26. The first-order valence-electron chi connectivity index (χ1n) is 12.8. The number of rotatable bonds is 12. The number of nitrogens with one attached hydrogen (secondary N) is 2. The zero-order valence-corrected chi connectivity index (χ0v) is 23.0. The van der Waals surface area contributed by atoms with E-state index in [1.54, 1.807) is 21.1 Å². The van der Waals surface area contributed by atoms with Crippen LogP contribution < -0.4 is 15.5 Å². The molecule has 2 amide bonds. The zero-order chi connectivity index (χ0) is 27.7. The molecule has 2 saturated carbocycles. The van der Waals surface area contributed by atoms with E-state index < -0.39 is 0 Å². The van der Waals surface area contributed by atoms with E-state index in [4.69, 9.17) is 4.74 Å². The number of aldehydes is 1. The fraction of sp³-hybridized carbons (Fsp3) is 0.571. The summed E-state index contributed by atoms with van der Waals surface area (Å²) in [6.45, 7) is 10.6. The average Bonchev–Trinajstić information content (AvgIpc) is 3.41. The van der Waals surface area contributed by atoms with E-state index in [-0.39, 0.29) is 22.9 Å². The minimum absolute atomic E-state index is 0.129. The predicted octanol–water partition coefficient (Wildman–Crippen LogP) is 3.62. The smallest absolute Gasteiger partial charge is 0.271 e. The lowest BCUT2D eigenvalue weighted by Crippen LogP contribution is -2.44. The predicted molar refractivity (Wildman–Crippen MR) is 147 cm³/mol. The third kappa shape index (κ3) is 12.1. The minimum Gasteiger partial charge on any atom is -0.494 e. The molecule has 37 heavy (non-hydrogen) atoms. The van der Waals surface area contributed by atoms with Gasteiger partial charge in [-0.3, -0.25) is 19.8 Å². The summed E-state index contributed by atoms with van der Waals surface area (Å²) in [5, 5.41) is 6.60. The fourth-order valence-electron chi connectivity index (χ4n) is 3.81. The van der Waals surface area contributed by atoms with Crippen molar-refractivity contribution < 1.29 is 23.9 Å². The zero-order valence-electron chi connectivity index (χ0n) is 23.0. The molecule has 0 atom stereocenters. The van der Waals surface area contributed by atoms with E-state index in [0.29, 0.717) is 25.5 Å². The summed E-state index contributed by atoms with van der Waals surface area (Å²) < 4.78 is 9.70. The van der Waals surface area contributed by atoms with Crippen LogP contribution in [-0.4, -0.2) is 68.2 Å². The first-order valence-corrected chi connectivity index (χ1v) is 12.8. The van der Waals surface area contributed by atoms with Crippen LogP contribution in [0, 0.1) is 0 Å². The molecule has 0 unspecified atom stereocenters. The molecule has 1 aromatic carbocycles. The van der Waals surface area contributed by atoms with Gasteiger partial charge in [0.25, 0.3) is 5.91 Å². The van der Waals surface area contributed by atoms with Crippen LogP contribution in [0.2, 0.25) is 0 Å². The highest BCUT2D eigenvalue weighted by Gasteiger charge is 2.45. The molecule has 2 aliphatic rings. The van der Waals surface area contributed by atoms with Gasteiger partial charge in [-0.15, -0.1) is 0 Å². The van der Waals surface area contributed by atoms with Crippen molar-refractivity contribution in [3.8, 4) is 5.75 Å². The Morgan fingerprint density at radius 3 is 2.27 bits per heavy atom. The first kappa shape index (κ1) is 31.8. The van der Waals surface area contributed by atoms with Gasteiger partial charge in [0, 0.05) is 32.3 Å². The lowest BCUT2D eigenvalue weighted by Gasteiger charge is -2.30. The third-order valence-corrected chi connectivity index (χ3v) is 6.18. The maximum Gasteiger partial charge on any atom is 0.271 e. The molecular weight excluding hydrogens is 472 g/mol. The van der Waals surface area contributed by atoms with Crippen molar-refractivity contribution in [1.82, 2.24) is 15.6 Å². The van der Waals surface area contributed by atoms with Gasteiger partial charge >= 0.3 is 0 Å². The molecule has 0 radical (unpaired) electrons. The summed E-state index contributed by atoms with van der Waals surface area (Å²) in [4.78, 5) is 35.1. The molecule has 0 aromatic heterocycles. The monoisotopic (exact) mass is 516 g/mol. The molecule has 2 N–H and O–H groups in total. The van der Waals surface area contributed by atoms with Gasteiger partial charge in [-0.05, 0) is 70.6 Å². The van der Waals surface area contributed by atoms with Gasteiger partial charge in [-0.25, -0.2) is 0 Å². The molecule has 0 heterocycles. The van der Waals surface area contributed by atoms with Crippen molar-refractivity contribution >= 4 is 24.3 Å². The van der Waals surface area contributed by atoms with Gasteiger partial charge in [0.05, 0.1) is 12.3 Å². The number of nitrogens with zero attached hydrogens (tertiary/aromatic N) is 2. The van der Waals surface area contributed by atoms with Crippen molar-refractivity contribution in [2.45, 2.75) is 77.3 Å². The van der Waals surface area contributed by atoms with E-state index in [1.165, 1.54) is 25.7 Å². The van der Waals surface area contributed by atoms with Crippen LogP contribution in [0.25, 0.3) is 0 Å². The first-order chi connectivity index (χ1) is 17.7. The summed E-state index contributed by atoms with van der Waals surface area (Å²) in [5.74, 6) is 0.665. The Bertz CT molecular complexity index is 875. The normalized spacial score (nSPS) is 15.6. The molecule has 206 valence electrons. The second-order valence-corrected chi connectivity index (χ2v) is 9.42. The van der Waals surface area contributed by atoms with Crippen LogP contribution in [0.3, 0.4) is 0 Å². The van der Waals surface area contributed by atoms with E-state index in [1.807, 2.05) is 36.1 Å². The Kier molecular flexibility index (Phi) is 14.9. The Morgan fingerprint density at radius 1 is 1.19 bits per heavy atom. The topological polar surface area (TPSA) is 109 Å². The van der Waals surface area contributed by atoms with Crippen molar-refractivity contribution in [3.05, 3.63) is 42.1 Å². The summed E-state index contributed by atoms with van der Waals surface area (Å²) in [6, 6.07) is 8.43. The number of hydrazone groups is 1. The lowest BCUT2D eigenvalue weighted by molar-refractivity contribution is -0.130. The Labute approximate surface area is 221 Å². The molecular formula is C28H44N4O5. The van der Waals surface area contributed by atoms with Gasteiger partial charge in [0.1, 0.15) is 11.4 Å². The summed E-state index contributed by atoms with van der Waals surface area (Å²) >= 11 is 0. The van der Waals surface area contributed by atoms with Crippen molar-refractivity contribution in [1.29, 1.82) is 0 Å². The fourth-order valence-corrected chi connectivity index (χ4v) is 3.81. The average molecular weight is 517 g/mol. The number of benzene rings is 1. The standard InChI is InChI=1S/C20H27N3O3.C6H11NO.C2H6O/c1-5-26-18-8-6-17(7-9-18)10-13-23(20(4)11-12-20)19(25)16(3)22-21-15(2)14-24;8-5-7-6-3-1-2-4-6;1-3-2/h6-9,14,22H,3,5,10-13H2,1-2,4H3;5-6H,1-4H2,(H,7,8);1-2H3/b21-15+;;. The second kappa shape index (κ2) is 17.3. The Morgan fingerprint density at radius 2 is 1.78 bits per heavy atom. The molecule has 0 spiro atoms. The van der Waals surface area contributed by atoms with E-state index in [0.717, 1.165) is 37.0 Å². The minimum atomic E-state index is -0.182. The number of hydrogen-bond donors (Lipinski definition) is 2. The van der Waals surface area contributed by atoms with Crippen molar-refractivity contribution in [2.75, 3.05) is 27.4 Å². The summed E-state index contributed by atoms with van der Waals surface area (Å²) in [5.41, 5.74) is 4.04. The molecule has 3 rings (SSSR count). The molecule has 1 aromatic rings. The number of carbonyl (C=O) groups is 3. The highest BCUT2D eigenvalue weighted by atomic mass is 16.5. The molecule has 9 nitrogen and oxygen atoms in total. The molecule has 0 saturated heterocycles. The Hall–Kier alpha value is -3.20. The largest absolute Gasteiger partial charge is 0.494 e. The van der Waals surface area contributed by atoms with E-state index >= 15 is 0 Å². The number of ether oxygens (including phenoxy) is 2. The van der Waals surface area contributed by atoms with Gasteiger partial charge in [-0.1, -0.05) is 31.6 Å². The maximum absolute atomic E-state index is 12.8. The second-order valence-electron chi connectivity index (χ2n) is 9.42. The molecule has 9 heteroatoms. The van der Waals surface area contributed by atoms with Crippen LogP contribution in [-0.2, 0) is 25.5 Å². The molecule has 0 bridgehead atoms. The number of hydrogen-bond acceptors (Lipinski definition) is 7. The quantitative estimate of drug-likeness (QED) is 0.190. The van der Waals surface area contributed by atoms with Crippen LogP contribution >= 0.6 is 0 Å². The molecule has 2 fully saturated rings. The van der Waals surface area contributed by atoms with Crippen LogP contribution in [0.5, 0.6) is 5.75 Å². The number of carbonyl (C=O) groups excluding carboxylic acids is 3. The van der Waals surface area contributed by atoms with Gasteiger partial charge < -0.3 is 19.7 Å². The lowest BCUT2D eigenvalue weighted by atomic mass is 10.1. The third-order valence-electron chi connectivity index (χ3n) is 6.18. The van der Waals surface area contributed by atoms with Gasteiger partial charge in [-0.2, -0.15) is 5.10 Å². The number of amides is 2. The SMILES string of the molecule is C=C(N/N=C(\C)C=O)C(=O)N(CCc1ccc(OCC)cc1)C1(C)CC1.COC.O=CNC1CCCC1. The van der Waals surface area contributed by atoms with E-state index in [2.05, 4.69) is 34.1 Å². The van der Waals surface area contributed by atoms with Gasteiger partial charge in [0.15, 0.2) is 6.29 Å². The summed E-state index contributed by atoms with van der Waals surface area (Å²) in [7, 11) is 3.25. The van der Waals surface area contributed by atoms with Crippen molar-refractivity contribution in [3.63, 3.8) is 0 Å².